The molecular formula is C15H20BrNO. The van der Waals surface area contributed by atoms with Crippen LogP contribution in [0.4, 0.5) is 0 Å². The van der Waals surface area contributed by atoms with Crippen LogP contribution in [0.3, 0.4) is 0 Å². The van der Waals surface area contributed by atoms with E-state index in [1.165, 1.54) is 24.0 Å². The Kier molecular flexibility index (Phi) is 4.84. The minimum Gasteiger partial charge on any atom is -0.488 e. The van der Waals surface area contributed by atoms with Gasteiger partial charge in [-0.05, 0) is 54.8 Å². The fourth-order valence-electron chi connectivity index (χ4n) is 1.69. The molecule has 1 fully saturated rings. The molecule has 0 aromatic heterocycles. The monoisotopic (exact) mass is 309 g/mol. The summed E-state index contributed by atoms with van der Waals surface area (Å²) in [5.74, 6) is 0.961. The van der Waals surface area contributed by atoms with Crippen molar-refractivity contribution in [1.29, 1.82) is 0 Å². The average Bonchev–Trinajstić information content (AvgIpc) is 3.12. The van der Waals surface area contributed by atoms with E-state index in [1.807, 2.05) is 6.07 Å². The number of halogens is 1. The van der Waals surface area contributed by atoms with Crippen molar-refractivity contribution in [3.05, 3.63) is 39.9 Å². The van der Waals surface area contributed by atoms with Gasteiger partial charge in [0.1, 0.15) is 12.4 Å². The quantitative estimate of drug-likeness (QED) is 0.801. The number of rotatable bonds is 6. The Labute approximate surface area is 118 Å². The molecular weight excluding hydrogens is 290 g/mol. The van der Waals surface area contributed by atoms with Crippen LogP contribution in [0.2, 0.25) is 0 Å². The third-order valence-electron chi connectivity index (χ3n) is 2.93. The molecule has 1 aromatic rings. The molecule has 1 N–H and O–H groups in total. The molecule has 0 radical (unpaired) electrons. The van der Waals surface area contributed by atoms with Gasteiger partial charge in [0, 0.05) is 18.2 Å². The van der Waals surface area contributed by atoms with Crippen LogP contribution < -0.4 is 10.1 Å². The van der Waals surface area contributed by atoms with Crippen LogP contribution >= 0.6 is 15.9 Å². The van der Waals surface area contributed by atoms with Crippen molar-refractivity contribution in [2.24, 2.45) is 0 Å². The average molecular weight is 310 g/mol. The van der Waals surface area contributed by atoms with Gasteiger partial charge in [-0.3, -0.25) is 0 Å². The Bertz CT molecular complexity index is 434. The van der Waals surface area contributed by atoms with E-state index in [0.29, 0.717) is 6.61 Å². The van der Waals surface area contributed by atoms with Gasteiger partial charge in [-0.2, -0.15) is 0 Å². The van der Waals surface area contributed by atoms with Gasteiger partial charge in [0.25, 0.3) is 0 Å². The molecule has 0 spiro atoms. The van der Waals surface area contributed by atoms with E-state index in [9.17, 15) is 0 Å². The normalized spacial score (nSPS) is 14.4. The van der Waals surface area contributed by atoms with E-state index in [1.54, 1.807) is 0 Å². The zero-order valence-corrected chi connectivity index (χ0v) is 12.6. The third kappa shape index (κ3) is 4.14. The lowest BCUT2D eigenvalue weighted by molar-refractivity contribution is 0.354. The van der Waals surface area contributed by atoms with Crippen LogP contribution in [0.25, 0.3) is 0 Å². The number of hydrogen-bond donors (Lipinski definition) is 1. The highest BCUT2D eigenvalue weighted by Gasteiger charge is 2.20. The molecule has 0 bridgehead atoms. The van der Waals surface area contributed by atoms with Crippen molar-refractivity contribution in [3.63, 3.8) is 0 Å². The van der Waals surface area contributed by atoms with Crippen molar-refractivity contribution >= 4 is 15.9 Å². The molecule has 1 aliphatic carbocycles. The highest BCUT2D eigenvalue weighted by Crippen LogP contribution is 2.30. The molecule has 18 heavy (non-hydrogen) atoms. The summed E-state index contributed by atoms with van der Waals surface area (Å²) in [7, 11) is 0. The number of allylic oxidation sites excluding steroid dienone is 1. The van der Waals surface area contributed by atoms with E-state index in [-0.39, 0.29) is 0 Å². The number of ether oxygens (including phenoxy) is 1. The zero-order valence-electron chi connectivity index (χ0n) is 11.0. The molecule has 0 saturated heterocycles. The summed E-state index contributed by atoms with van der Waals surface area (Å²) >= 11 is 3.56. The summed E-state index contributed by atoms with van der Waals surface area (Å²) in [6, 6.07) is 6.92. The van der Waals surface area contributed by atoms with Gasteiger partial charge in [-0.1, -0.05) is 17.7 Å². The minimum atomic E-state index is 0.626. The molecule has 0 aliphatic heterocycles. The first-order valence-electron chi connectivity index (χ1n) is 6.44. The van der Waals surface area contributed by atoms with Crippen molar-refractivity contribution < 1.29 is 4.74 Å². The van der Waals surface area contributed by atoms with Gasteiger partial charge in [0.2, 0.25) is 0 Å². The third-order valence-corrected chi connectivity index (χ3v) is 3.55. The summed E-state index contributed by atoms with van der Waals surface area (Å²) in [5, 5.41) is 3.52. The van der Waals surface area contributed by atoms with E-state index in [2.05, 4.69) is 53.3 Å². The lowest BCUT2D eigenvalue weighted by Crippen LogP contribution is -2.16. The lowest BCUT2D eigenvalue weighted by atomic mass is 10.2. The smallest absolute Gasteiger partial charge is 0.138 e. The van der Waals surface area contributed by atoms with Crippen LogP contribution in [0.1, 0.15) is 32.3 Å². The molecule has 1 aliphatic rings. The molecule has 1 saturated carbocycles. The van der Waals surface area contributed by atoms with Crippen molar-refractivity contribution in [2.45, 2.75) is 39.3 Å². The molecule has 98 valence electrons. The highest BCUT2D eigenvalue weighted by atomic mass is 79.9. The summed E-state index contributed by atoms with van der Waals surface area (Å²) in [6.07, 6.45) is 4.71. The van der Waals surface area contributed by atoms with Gasteiger partial charge in [-0.25, -0.2) is 0 Å². The molecule has 0 heterocycles. The second kappa shape index (κ2) is 6.39. The fraction of sp³-hybridized carbons (Fsp3) is 0.467. The number of benzene rings is 1. The first-order chi connectivity index (χ1) is 8.66. The van der Waals surface area contributed by atoms with Crippen molar-refractivity contribution in [3.8, 4) is 5.75 Å². The molecule has 0 unspecified atom stereocenters. The van der Waals surface area contributed by atoms with E-state index < -0.39 is 0 Å². The maximum Gasteiger partial charge on any atom is 0.138 e. The van der Waals surface area contributed by atoms with Gasteiger partial charge >= 0.3 is 0 Å². The molecule has 2 nitrogen and oxygen atoms in total. The van der Waals surface area contributed by atoms with Gasteiger partial charge in [0.15, 0.2) is 0 Å². The molecule has 2 rings (SSSR count). The van der Waals surface area contributed by atoms with Crippen LogP contribution in [0.5, 0.6) is 5.75 Å². The first kappa shape index (κ1) is 13.6. The van der Waals surface area contributed by atoms with E-state index in [4.69, 9.17) is 4.74 Å². The molecule has 0 atom stereocenters. The van der Waals surface area contributed by atoms with Gasteiger partial charge in [0.05, 0.1) is 4.47 Å². The number of nitrogens with one attached hydrogen (secondary N) is 1. The molecule has 3 heteroatoms. The standard InChI is InChI=1S/C15H20BrNO/c1-11(2)8-9-18-15-12(4-3-5-14(15)16)10-17-13-6-7-13/h3-5,8,13,17H,6-7,9-10H2,1-2H3. The number of hydrogen-bond acceptors (Lipinski definition) is 2. The largest absolute Gasteiger partial charge is 0.488 e. The maximum atomic E-state index is 5.87. The lowest BCUT2D eigenvalue weighted by Gasteiger charge is -2.13. The minimum absolute atomic E-state index is 0.626. The Balaban J connectivity index is 2.02. The van der Waals surface area contributed by atoms with Crippen LogP contribution in [-0.4, -0.2) is 12.6 Å². The molecule has 0 amide bonds. The van der Waals surface area contributed by atoms with Crippen LogP contribution in [0.15, 0.2) is 34.3 Å². The summed E-state index contributed by atoms with van der Waals surface area (Å²) in [4.78, 5) is 0. The van der Waals surface area contributed by atoms with Gasteiger partial charge < -0.3 is 10.1 Å². The Morgan fingerprint density at radius 3 is 2.89 bits per heavy atom. The summed E-state index contributed by atoms with van der Waals surface area (Å²) in [6.45, 7) is 5.67. The topological polar surface area (TPSA) is 21.3 Å². The zero-order chi connectivity index (χ0) is 13.0. The predicted molar refractivity (Wildman–Crippen MR) is 78.9 cm³/mol. The maximum absolute atomic E-state index is 5.87. The van der Waals surface area contributed by atoms with Crippen LogP contribution in [-0.2, 0) is 6.54 Å². The van der Waals surface area contributed by atoms with E-state index >= 15 is 0 Å². The van der Waals surface area contributed by atoms with Crippen LogP contribution in [0, 0.1) is 0 Å². The highest BCUT2D eigenvalue weighted by molar-refractivity contribution is 9.10. The Morgan fingerprint density at radius 1 is 1.44 bits per heavy atom. The fourth-order valence-corrected chi connectivity index (χ4v) is 2.21. The van der Waals surface area contributed by atoms with E-state index in [0.717, 1.165) is 22.8 Å². The first-order valence-corrected chi connectivity index (χ1v) is 7.23. The van der Waals surface area contributed by atoms with Gasteiger partial charge in [-0.15, -0.1) is 0 Å². The SMILES string of the molecule is CC(C)=CCOc1c(Br)cccc1CNC1CC1. The van der Waals surface area contributed by atoms with Crippen molar-refractivity contribution in [1.82, 2.24) is 5.32 Å². The molecule has 1 aromatic carbocycles. The van der Waals surface area contributed by atoms with Crippen molar-refractivity contribution in [2.75, 3.05) is 6.61 Å². The summed E-state index contributed by atoms with van der Waals surface area (Å²) < 4.78 is 6.90. The number of para-hydroxylation sites is 1. The second-order valence-corrected chi connectivity index (χ2v) is 5.83. The Hall–Kier alpha value is -0.800. The summed E-state index contributed by atoms with van der Waals surface area (Å²) in [5.41, 5.74) is 2.50. The Morgan fingerprint density at radius 2 is 2.22 bits per heavy atom. The second-order valence-electron chi connectivity index (χ2n) is 4.98. The predicted octanol–water partition coefficient (Wildman–Crippen LogP) is 4.05.